The van der Waals surface area contributed by atoms with E-state index in [0.717, 1.165) is 12.8 Å². The normalized spacial score (nSPS) is 39.9. The molecule has 4 rings (SSSR count). The fourth-order valence-electron chi connectivity index (χ4n) is 4.47. The van der Waals surface area contributed by atoms with E-state index in [1.54, 1.807) is 19.9 Å². The number of fused-ring (bicyclic) bond motifs is 4. The summed E-state index contributed by atoms with van der Waals surface area (Å²) in [5.41, 5.74) is 0.283. The third-order valence-corrected chi connectivity index (χ3v) is 6.65. The van der Waals surface area contributed by atoms with Gasteiger partial charge in [-0.3, -0.25) is 4.79 Å². The first kappa shape index (κ1) is 21.1. The van der Waals surface area contributed by atoms with E-state index in [4.69, 9.17) is 23.7 Å². The molecule has 30 heavy (non-hydrogen) atoms. The molecule has 8 nitrogen and oxygen atoms in total. The third kappa shape index (κ3) is 3.67. The van der Waals surface area contributed by atoms with Gasteiger partial charge in [0, 0.05) is 24.5 Å². The molecular weight excluding hydrogens is 392 g/mol. The average molecular weight is 420 g/mol. The van der Waals surface area contributed by atoms with Crippen molar-refractivity contribution in [2.75, 3.05) is 6.61 Å². The summed E-state index contributed by atoms with van der Waals surface area (Å²) in [5, 5.41) is 0. The maximum atomic E-state index is 12.7. The third-order valence-electron chi connectivity index (χ3n) is 6.65. The predicted octanol–water partition coefficient (Wildman–Crippen LogP) is 2.15. The lowest BCUT2D eigenvalue weighted by atomic mass is 9.83. The number of carbonyl (C=O) groups excluding carboxylic acids is 3. The Morgan fingerprint density at radius 1 is 1.20 bits per heavy atom. The second-order valence-electron chi connectivity index (χ2n) is 8.92. The standard InChI is InChI=1S/C22H28O8/c1-6-11(2)19(24)27-14-9-22(5)15(29-22)7-8-21(4)18(30-21)17-16(14)13(20(25)28-17)10-26-12(3)23/h6,14-15,17-18H,7-10H2,1-5H3/b11-6+/t14-,15+,17-,18-,21+,22-/m1/s1. The van der Waals surface area contributed by atoms with Gasteiger partial charge in [0.25, 0.3) is 0 Å². The molecule has 8 heteroatoms. The van der Waals surface area contributed by atoms with Gasteiger partial charge < -0.3 is 23.7 Å². The van der Waals surface area contributed by atoms with E-state index in [9.17, 15) is 14.4 Å². The Kier molecular flexibility index (Phi) is 5.05. The minimum Gasteiger partial charge on any atom is -0.461 e. The van der Waals surface area contributed by atoms with Gasteiger partial charge in [-0.2, -0.15) is 0 Å². The van der Waals surface area contributed by atoms with Gasteiger partial charge >= 0.3 is 17.9 Å². The van der Waals surface area contributed by atoms with Gasteiger partial charge in [0.15, 0.2) is 6.10 Å². The highest BCUT2D eigenvalue weighted by Gasteiger charge is 2.65. The quantitative estimate of drug-likeness (QED) is 0.295. The van der Waals surface area contributed by atoms with Gasteiger partial charge in [0.1, 0.15) is 18.8 Å². The van der Waals surface area contributed by atoms with Gasteiger partial charge in [-0.05, 0) is 40.5 Å². The number of hydrogen-bond donors (Lipinski definition) is 0. The van der Waals surface area contributed by atoms with Crippen molar-refractivity contribution < 1.29 is 38.1 Å². The van der Waals surface area contributed by atoms with E-state index in [2.05, 4.69) is 0 Å². The van der Waals surface area contributed by atoms with Crippen LogP contribution in [0, 0.1) is 0 Å². The van der Waals surface area contributed by atoms with Crippen molar-refractivity contribution in [3.63, 3.8) is 0 Å². The number of allylic oxidation sites excluding steroid dienone is 1. The smallest absolute Gasteiger partial charge is 0.338 e. The van der Waals surface area contributed by atoms with Crippen molar-refractivity contribution in [2.45, 2.75) is 89.5 Å². The molecule has 0 amide bonds. The second kappa shape index (κ2) is 7.20. The Hall–Kier alpha value is -2.19. The zero-order chi connectivity index (χ0) is 21.8. The summed E-state index contributed by atoms with van der Waals surface area (Å²) in [6, 6.07) is 0. The molecule has 0 N–H and O–H groups in total. The van der Waals surface area contributed by atoms with Crippen LogP contribution < -0.4 is 0 Å². The van der Waals surface area contributed by atoms with Gasteiger partial charge in [0.2, 0.25) is 0 Å². The molecule has 1 saturated carbocycles. The van der Waals surface area contributed by atoms with Gasteiger partial charge in [0.05, 0.1) is 22.9 Å². The summed E-state index contributed by atoms with van der Waals surface area (Å²) in [7, 11) is 0. The molecule has 0 bridgehead atoms. The molecule has 0 aromatic heterocycles. The van der Waals surface area contributed by atoms with Crippen LogP contribution in [-0.4, -0.2) is 60.1 Å². The van der Waals surface area contributed by atoms with Crippen LogP contribution in [0.2, 0.25) is 0 Å². The van der Waals surface area contributed by atoms with Crippen LogP contribution in [0.5, 0.6) is 0 Å². The number of hydrogen-bond acceptors (Lipinski definition) is 8. The Morgan fingerprint density at radius 3 is 2.60 bits per heavy atom. The fourth-order valence-corrected chi connectivity index (χ4v) is 4.47. The molecule has 3 heterocycles. The van der Waals surface area contributed by atoms with E-state index in [0.29, 0.717) is 17.6 Å². The van der Waals surface area contributed by atoms with E-state index in [-0.39, 0.29) is 24.4 Å². The van der Waals surface area contributed by atoms with Crippen LogP contribution >= 0.6 is 0 Å². The molecule has 0 aromatic rings. The Bertz CT molecular complexity index is 857. The lowest BCUT2D eigenvalue weighted by Crippen LogP contribution is -2.36. The molecule has 0 radical (unpaired) electrons. The van der Waals surface area contributed by atoms with E-state index >= 15 is 0 Å². The molecule has 0 spiro atoms. The van der Waals surface area contributed by atoms with Crippen LogP contribution in [0.3, 0.4) is 0 Å². The molecule has 0 aromatic carbocycles. The van der Waals surface area contributed by atoms with Crippen LogP contribution in [-0.2, 0) is 38.1 Å². The van der Waals surface area contributed by atoms with Gasteiger partial charge in [-0.25, -0.2) is 9.59 Å². The summed E-state index contributed by atoms with van der Waals surface area (Å²) in [5.74, 6) is -1.56. The molecular formula is C22H28O8. The second-order valence-corrected chi connectivity index (χ2v) is 8.92. The highest BCUT2D eigenvalue weighted by Crippen LogP contribution is 2.54. The van der Waals surface area contributed by atoms with E-state index in [1.807, 2.05) is 13.8 Å². The summed E-state index contributed by atoms with van der Waals surface area (Å²) < 4.78 is 28.6. The topological polar surface area (TPSA) is 104 Å². The summed E-state index contributed by atoms with van der Waals surface area (Å²) in [6.07, 6.45) is 1.92. The van der Waals surface area contributed by atoms with Crippen LogP contribution in [0.4, 0.5) is 0 Å². The molecule has 2 saturated heterocycles. The van der Waals surface area contributed by atoms with E-state index < -0.39 is 41.3 Å². The highest BCUT2D eigenvalue weighted by atomic mass is 16.7. The number of epoxide rings is 2. The van der Waals surface area contributed by atoms with Crippen molar-refractivity contribution >= 4 is 17.9 Å². The number of esters is 3. The summed E-state index contributed by atoms with van der Waals surface area (Å²) in [4.78, 5) is 36.7. The zero-order valence-electron chi connectivity index (χ0n) is 18.0. The summed E-state index contributed by atoms with van der Waals surface area (Å²) >= 11 is 0. The van der Waals surface area contributed by atoms with Crippen molar-refractivity contribution in [3.8, 4) is 0 Å². The molecule has 6 atom stereocenters. The van der Waals surface area contributed by atoms with Crippen molar-refractivity contribution in [2.24, 2.45) is 0 Å². The number of ether oxygens (including phenoxy) is 5. The van der Waals surface area contributed by atoms with Crippen LogP contribution in [0.1, 0.15) is 53.9 Å². The molecule has 0 unspecified atom stereocenters. The molecule has 4 aliphatic rings. The fraction of sp³-hybridized carbons (Fsp3) is 0.682. The lowest BCUT2D eigenvalue weighted by Gasteiger charge is -2.26. The van der Waals surface area contributed by atoms with Crippen molar-refractivity contribution in [3.05, 3.63) is 22.8 Å². The van der Waals surface area contributed by atoms with Crippen molar-refractivity contribution in [1.29, 1.82) is 0 Å². The zero-order valence-corrected chi connectivity index (χ0v) is 18.0. The lowest BCUT2D eigenvalue weighted by molar-refractivity contribution is -0.144. The minimum atomic E-state index is -0.754. The first-order valence-corrected chi connectivity index (χ1v) is 10.3. The maximum Gasteiger partial charge on any atom is 0.338 e. The molecule has 3 aliphatic heterocycles. The van der Waals surface area contributed by atoms with Crippen LogP contribution in [0.25, 0.3) is 0 Å². The van der Waals surface area contributed by atoms with Crippen LogP contribution in [0.15, 0.2) is 22.8 Å². The average Bonchev–Trinajstić information content (AvgIpc) is 3.50. The molecule has 1 aliphatic carbocycles. The minimum absolute atomic E-state index is 0.0373. The Balaban J connectivity index is 1.75. The van der Waals surface area contributed by atoms with Crippen molar-refractivity contribution in [1.82, 2.24) is 0 Å². The largest absolute Gasteiger partial charge is 0.461 e. The molecule has 3 fully saturated rings. The Morgan fingerprint density at radius 2 is 1.93 bits per heavy atom. The Labute approximate surface area is 175 Å². The monoisotopic (exact) mass is 420 g/mol. The van der Waals surface area contributed by atoms with Gasteiger partial charge in [-0.1, -0.05) is 6.08 Å². The number of rotatable bonds is 4. The maximum absolute atomic E-state index is 12.7. The van der Waals surface area contributed by atoms with E-state index in [1.165, 1.54) is 6.92 Å². The predicted molar refractivity (Wildman–Crippen MR) is 103 cm³/mol. The van der Waals surface area contributed by atoms with Gasteiger partial charge in [-0.15, -0.1) is 0 Å². The SMILES string of the molecule is C/C=C(\C)C(=O)O[C@@H]1C[C@@]2(C)O[C@H]2CC[C@]2(C)O[C@@H]2[C@@H]2OC(=O)C(COC(C)=O)=C21. The summed E-state index contributed by atoms with van der Waals surface area (Å²) in [6.45, 7) is 8.43. The highest BCUT2D eigenvalue weighted by molar-refractivity contribution is 5.94. The molecule has 164 valence electrons. The first-order valence-electron chi connectivity index (χ1n) is 10.3. The number of carbonyl (C=O) groups is 3. The first-order chi connectivity index (χ1) is 14.1.